The number of nitriles is 1. The van der Waals surface area contributed by atoms with Crippen molar-refractivity contribution in [2.45, 2.75) is 31.6 Å². The lowest BCUT2D eigenvalue weighted by atomic mass is 9.67. The van der Waals surface area contributed by atoms with Gasteiger partial charge in [-0.25, -0.2) is 0 Å². The van der Waals surface area contributed by atoms with Gasteiger partial charge in [-0.15, -0.1) is 5.10 Å². The summed E-state index contributed by atoms with van der Waals surface area (Å²) in [7, 11) is 0. The zero-order valence-electron chi connectivity index (χ0n) is 14.4. The quantitative estimate of drug-likeness (QED) is 0.613. The highest BCUT2D eigenvalue weighted by molar-refractivity contribution is 9.10. The minimum Gasteiger partial charge on any atom is -0.420 e. The van der Waals surface area contributed by atoms with Crippen LogP contribution in [0.15, 0.2) is 34.1 Å². The number of amides is 1. The van der Waals surface area contributed by atoms with E-state index in [1.807, 2.05) is 32.9 Å². The van der Waals surface area contributed by atoms with Crippen LogP contribution in [0.25, 0.3) is 0 Å². The highest BCUT2D eigenvalue weighted by atomic mass is 79.9. The summed E-state index contributed by atoms with van der Waals surface area (Å²) in [5, 5.41) is 20.0. The third-order valence-corrected chi connectivity index (χ3v) is 5.27. The van der Waals surface area contributed by atoms with E-state index in [1.165, 1.54) is 0 Å². The number of aromatic amines is 1. The molecule has 132 valence electrons. The molecule has 7 nitrogen and oxygen atoms in total. The first-order valence-corrected chi connectivity index (χ1v) is 8.79. The van der Waals surface area contributed by atoms with Gasteiger partial charge >= 0.3 is 0 Å². The number of fused-ring (bicyclic) bond motifs is 4. The van der Waals surface area contributed by atoms with Crippen molar-refractivity contribution in [1.29, 1.82) is 5.26 Å². The van der Waals surface area contributed by atoms with Crippen LogP contribution in [0.4, 0.5) is 5.69 Å². The Morgan fingerprint density at radius 2 is 2.12 bits per heavy atom. The highest BCUT2D eigenvalue weighted by Gasteiger charge is 2.59. The maximum atomic E-state index is 13.3. The molecule has 4 rings (SSSR count). The summed E-state index contributed by atoms with van der Waals surface area (Å²) >= 11 is 3.46. The number of anilines is 1. The fraction of sp³-hybridized carbons (Fsp3) is 0.278. The van der Waals surface area contributed by atoms with E-state index in [0.29, 0.717) is 16.8 Å². The minimum atomic E-state index is -1.40. The Hall–Kier alpha value is -2.79. The number of hydrogen-bond donors (Lipinski definition) is 3. The van der Waals surface area contributed by atoms with Gasteiger partial charge in [0.15, 0.2) is 0 Å². The topological polar surface area (TPSA) is 117 Å². The molecule has 1 spiro atoms. The van der Waals surface area contributed by atoms with Crippen LogP contribution >= 0.6 is 15.9 Å². The monoisotopic (exact) mass is 413 g/mol. The van der Waals surface area contributed by atoms with E-state index in [-0.39, 0.29) is 28.7 Å². The molecule has 0 saturated heterocycles. The van der Waals surface area contributed by atoms with Crippen LogP contribution in [0.1, 0.15) is 37.6 Å². The molecule has 2 aliphatic heterocycles. The SMILES string of the molecule is CC(C)(C)c1[nH]nc2c1[C@]1(C(=O)Nc3ccc(Br)cc31)C(C#N)=C(N)O2. The van der Waals surface area contributed by atoms with Crippen molar-refractivity contribution in [1.82, 2.24) is 10.2 Å². The standard InChI is InChI=1S/C18H16BrN5O2/c1-17(2,3)13-12-15(24-23-13)26-14(21)10(7-20)18(12)9-6-8(19)4-5-11(9)22-16(18)25/h4-6H,21H2,1-3H3,(H,22,25)(H,23,24)/t18-/m1/s1. The number of nitrogens with one attached hydrogen (secondary N) is 2. The Kier molecular flexibility index (Phi) is 3.28. The number of carbonyl (C=O) groups excluding carboxylic acids is 1. The van der Waals surface area contributed by atoms with Crippen LogP contribution in [-0.2, 0) is 15.6 Å². The molecule has 1 aromatic carbocycles. The molecule has 0 aliphatic carbocycles. The number of carbonyl (C=O) groups is 1. The lowest BCUT2D eigenvalue weighted by molar-refractivity contribution is -0.118. The number of nitrogens with zero attached hydrogens (tertiary/aromatic N) is 2. The molecular formula is C18H16BrN5O2. The molecular weight excluding hydrogens is 398 g/mol. The first kappa shape index (κ1) is 16.7. The van der Waals surface area contributed by atoms with Crippen LogP contribution < -0.4 is 15.8 Å². The average molecular weight is 414 g/mol. The van der Waals surface area contributed by atoms with Gasteiger partial charge in [0, 0.05) is 26.8 Å². The van der Waals surface area contributed by atoms with E-state index >= 15 is 0 Å². The minimum absolute atomic E-state index is 0.0613. The number of halogens is 1. The summed E-state index contributed by atoms with van der Waals surface area (Å²) in [4.78, 5) is 13.3. The Labute approximate surface area is 158 Å². The fourth-order valence-electron chi connectivity index (χ4n) is 3.66. The molecule has 1 atom stereocenters. The maximum absolute atomic E-state index is 13.3. The number of ether oxygens (including phenoxy) is 1. The first-order valence-electron chi connectivity index (χ1n) is 8.00. The van der Waals surface area contributed by atoms with Crippen LogP contribution in [0.2, 0.25) is 0 Å². The van der Waals surface area contributed by atoms with E-state index in [4.69, 9.17) is 10.5 Å². The molecule has 1 amide bonds. The van der Waals surface area contributed by atoms with Crippen molar-refractivity contribution in [2.24, 2.45) is 5.73 Å². The summed E-state index contributed by atoms with van der Waals surface area (Å²) in [6.45, 7) is 5.99. The molecule has 0 saturated carbocycles. The van der Waals surface area contributed by atoms with Crippen molar-refractivity contribution >= 4 is 27.5 Å². The van der Waals surface area contributed by atoms with Gasteiger partial charge in [0.1, 0.15) is 17.1 Å². The van der Waals surface area contributed by atoms with Crippen molar-refractivity contribution < 1.29 is 9.53 Å². The number of hydrogen-bond acceptors (Lipinski definition) is 5. The maximum Gasteiger partial charge on any atom is 0.245 e. The Balaban J connectivity index is 2.18. The van der Waals surface area contributed by atoms with Crippen molar-refractivity contribution in [3.63, 3.8) is 0 Å². The number of aromatic nitrogens is 2. The van der Waals surface area contributed by atoms with Crippen LogP contribution in [0, 0.1) is 11.3 Å². The zero-order valence-corrected chi connectivity index (χ0v) is 16.0. The van der Waals surface area contributed by atoms with E-state index < -0.39 is 5.41 Å². The van der Waals surface area contributed by atoms with E-state index in [9.17, 15) is 10.1 Å². The predicted octanol–water partition coefficient (Wildman–Crippen LogP) is 2.79. The molecule has 2 aliphatic rings. The van der Waals surface area contributed by atoms with Gasteiger partial charge < -0.3 is 15.8 Å². The highest BCUT2D eigenvalue weighted by Crippen LogP contribution is 2.55. The second-order valence-electron chi connectivity index (χ2n) is 7.38. The summed E-state index contributed by atoms with van der Waals surface area (Å²) in [5.74, 6) is -0.245. The van der Waals surface area contributed by atoms with Crippen molar-refractivity contribution in [3.8, 4) is 11.9 Å². The molecule has 1 aromatic heterocycles. The van der Waals surface area contributed by atoms with E-state index in [2.05, 4.69) is 37.5 Å². The molecule has 3 heterocycles. The largest absolute Gasteiger partial charge is 0.420 e. The molecule has 0 radical (unpaired) electrons. The normalized spacial score (nSPS) is 21.1. The molecule has 4 N–H and O–H groups in total. The number of benzene rings is 1. The van der Waals surface area contributed by atoms with Gasteiger partial charge in [-0.05, 0) is 18.2 Å². The van der Waals surface area contributed by atoms with Gasteiger partial charge in [0.25, 0.3) is 0 Å². The number of nitrogens with two attached hydrogens (primary N) is 1. The smallest absolute Gasteiger partial charge is 0.245 e. The number of rotatable bonds is 0. The van der Waals surface area contributed by atoms with E-state index in [0.717, 1.165) is 10.2 Å². The van der Waals surface area contributed by atoms with Gasteiger partial charge in [0.2, 0.25) is 17.7 Å². The van der Waals surface area contributed by atoms with Gasteiger partial charge in [-0.1, -0.05) is 36.7 Å². The first-order chi connectivity index (χ1) is 12.2. The third-order valence-electron chi connectivity index (χ3n) is 4.77. The summed E-state index contributed by atoms with van der Waals surface area (Å²) in [6, 6.07) is 7.55. The van der Waals surface area contributed by atoms with Crippen LogP contribution in [0.3, 0.4) is 0 Å². The molecule has 0 unspecified atom stereocenters. The lowest BCUT2D eigenvalue weighted by Gasteiger charge is -2.34. The van der Waals surface area contributed by atoms with E-state index in [1.54, 1.807) is 6.07 Å². The fourth-order valence-corrected chi connectivity index (χ4v) is 4.03. The zero-order chi connectivity index (χ0) is 18.9. The number of H-pyrrole nitrogens is 1. The van der Waals surface area contributed by atoms with Crippen molar-refractivity contribution in [2.75, 3.05) is 5.32 Å². The third kappa shape index (κ3) is 1.92. The Morgan fingerprint density at radius 3 is 2.77 bits per heavy atom. The summed E-state index contributed by atoms with van der Waals surface area (Å²) < 4.78 is 6.38. The van der Waals surface area contributed by atoms with Crippen LogP contribution in [-0.4, -0.2) is 16.1 Å². The van der Waals surface area contributed by atoms with Crippen molar-refractivity contribution in [3.05, 3.63) is 50.9 Å². The lowest BCUT2D eigenvalue weighted by Crippen LogP contribution is -2.43. The van der Waals surface area contributed by atoms with Gasteiger partial charge in [-0.3, -0.25) is 9.89 Å². The molecule has 8 heteroatoms. The van der Waals surface area contributed by atoms with Gasteiger partial charge in [-0.2, -0.15) is 5.26 Å². The second kappa shape index (κ2) is 5.11. The van der Waals surface area contributed by atoms with Crippen LogP contribution in [0.5, 0.6) is 5.88 Å². The van der Waals surface area contributed by atoms with Gasteiger partial charge in [0.05, 0.1) is 5.56 Å². The summed E-state index contributed by atoms with van der Waals surface area (Å²) in [6.07, 6.45) is 0. The predicted molar refractivity (Wildman–Crippen MR) is 98.3 cm³/mol. The molecule has 26 heavy (non-hydrogen) atoms. The second-order valence-corrected chi connectivity index (χ2v) is 8.29. The average Bonchev–Trinajstić information content (AvgIpc) is 3.09. The Morgan fingerprint density at radius 1 is 1.38 bits per heavy atom. The Bertz CT molecular complexity index is 1040. The molecule has 0 bridgehead atoms. The summed E-state index contributed by atoms with van der Waals surface area (Å²) in [5.41, 5.74) is 6.85. The molecule has 0 fully saturated rings. The molecule has 2 aromatic rings.